The first-order chi connectivity index (χ1) is 18.1. The van der Waals surface area contributed by atoms with Crippen LogP contribution in [0.4, 0.5) is 5.69 Å². The number of hydrogen-bond donors (Lipinski definition) is 3. The smallest absolute Gasteiger partial charge is 0.224 e. The van der Waals surface area contributed by atoms with Gasteiger partial charge in [0.1, 0.15) is 11.3 Å². The predicted octanol–water partition coefficient (Wildman–Crippen LogP) is 7.33. The maximum absolute atomic E-state index is 12.2. The number of benzene rings is 1. The second kappa shape index (κ2) is 9.63. The highest BCUT2D eigenvalue weighted by atomic mass is 32.1. The average Bonchev–Trinajstić information content (AvgIpc) is 3.64. The fourth-order valence-corrected chi connectivity index (χ4v) is 5.48. The normalized spacial score (nSPS) is 11.4. The lowest BCUT2D eigenvalue weighted by atomic mass is 10.0. The van der Waals surface area contributed by atoms with Crippen LogP contribution in [0.5, 0.6) is 0 Å². The van der Waals surface area contributed by atoms with Crippen molar-refractivity contribution in [1.82, 2.24) is 25.1 Å². The summed E-state index contributed by atoms with van der Waals surface area (Å²) < 4.78 is 0. The van der Waals surface area contributed by atoms with Crippen LogP contribution >= 0.6 is 11.3 Å². The molecule has 0 unspecified atom stereocenters. The molecule has 0 aliphatic carbocycles. The largest absolute Gasteiger partial charge is 0.338 e. The molecule has 184 valence electrons. The molecular formula is C29H26N6OS. The van der Waals surface area contributed by atoms with Gasteiger partial charge in [-0.05, 0) is 61.4 Å². The molecule has 3 N–H and O–H groups in total. The summed E-state index contributed by atoms with van der Waals surface area (Å²) >= 11 is 1.78. The first-order valence-electron chi connectivity index (χ1n) is 12.4. The Morgan fingerprint density at radius 3 is 2.78 bits per heavy atom. The molecule has 0 spiro atoms. The van der Waals surface area contributed by atoms with Crippen molar-refractivity contribution in [3.8, 4) is 33.0 Å². The zero-order chi connectivity index (χ0) is 25.4. The Hall–Kier alpha value is -4.30. The number of thiophene rings is 1. The molecule has 0 fully saturated rings. The first-order valence-corrected chi connectivity index (χ1v) is 13.2. The summed E-state index contributed by atoms with van der Waals surface area (Å²) in [6.07, 6.45) is 7.70. The number of nitrogens with one attached hydrogen (secondary N) is 3. The minimum absolute atomic E-state index is 0.0119. The second-order valence-corrected chi connectivity index (χ2v) is 10.4. The minimum atomic E-state index is 0.0119. The lowest BCUT2D eigenvalue weighted by Gasteiger charge is -2.07. The molecule has 6 rings (SSSR count). The van der Waals surface area contributed by atoms with Gasteiger partial charge in [-0.1, -0.05) is 19.4 Å². The van der Waals surface area contributed by atoms with Crippen molar-refractivity contribution in [3.63, 3.8) is 0 Å². The molecule has 1 aromatic carbocycles. The highest BCUT2D eigenvalue weighted by molar-refractivity contribution is 7.15. The predicted molar refractivity (Wildman–Crippen MR) is 151 cm³/mol. The number of carbonyl (C=O) groups excluding carboxylic acids is 1. The van der Waals surface area contributed by atoms with Gasteiger partial charge in [0.05, 0.1) is 23.1 Å². The number of fused-ring (bicyclic) bond motifs is 2. The molecule has 5 aromatic heterocycles. The number of carbonyl (C=O) groups is 1. The standard InChI is InChI=1S/C29H26N6OS/c1-3-4-5-27(36)32-20-12-19(15-30-16-20)18-7-8-24-23(13-18)28(35-34-24)25-14-22-21(10-11-31-29(22)33-25)26-9-6-17(2)37-26/h6-16H,3-5H2,1-2H3,(H,31,33)(H,32,36)(H,34,35). The average molecular weight is 507 g/mol. The van der Waals surface area contributed by atoms with Gasteiger partial charge in [0, 0.05) is 50.5 Å². The van der Waals surface area contributed by atoms with Gasteiger partial charge in [-0.25, -0.2) is 4.98 Å². The maximum Gasteiger partial charge on any atom is 0.224 e. The van der Waals surface area contributed by atoms with Gasteiger partial charge in [-0.15, -0.1) is 11.3 Å². The van der Waals surface area contributed by atoms with Crippen LogP contribution in [0, 0.1) is 6.92 Å². The fourth-order valence-electron chi connectivity index (χ4n) is 4.57. The fraction of sp³-hybridized carbons (Fsp3) is 0.172. The van der Waals surface area contributed by atoms with E-state index in [4.69, 9.17) is 0 Å². The number of aryl methyl sites for hydroxylation is 1. The monoisotopic (exact) mass is 506 g/mol. The van der Waals surface area contributed by atoms with Gasteiger partial charge in [0.15, 0.2) is 0 Å². The third-order valence-corrected chi connectivity index (χ3v) is 7.50. The molecule has 0 radical (unpaired) electrons. The molecule has 0 atom stereocenters. The van der Waals surface area contributed by atoms with Gasteiger partial charge >= 0.3 is 0 Å². The zero-order valence-electron chi connectivity index (χ0n) is 20.6. The lowest BCUT2D eigenvalue weighted by Crippen LogP contribution is -2.11. The van der Waals surface area contributed by atoms with Gasteiger partial charge in [0.25, 0.3) is 0 Å². The van der Waals surface area contributed by atoms with E-state index in [1.165, 1.54) is 9.75 Å². The van der Waals surface area contributed by atoms with Crippen molar-refractivity contribution in [2.75, 3.05) is 5.32 Å². The molecule has 0 bridgehead atoms. The number of aromatic amines is 2. The number of anilines is 1. The Balaban J connectivity index is 1.37. The number of aromatic nitrogens is 5. The third kappa shape index (κ3) is 4.51. The van der Waals surface area contributed by atoms with Crippen molar-refractivity contribution in [2.24, 2.45) is 0 Å². The molecule has 8 heteroatoms. The molecule has 37 heavy (non-hydrogen) atoms. The van der Waals surface area contributed by atoms with E-state index in [1.54, 1.807) is 17.5 Å². The Morgan fingerprint density at radius 2 is 1.95 bits per heavy atom. The van der Waals surface area contributed by atoms with Crippen molar-refractivity contribution < 1.29 is 4.79 Å². The van der Waals surface area contributed by atoms with Crippen LogP contribution in [-0.2, 0) is 4.79 Å². The van der Waals surface area contributed by atoms with Crippen LogP contribution < -0.4 is 5.32 Å². The van der Waals surface area contributed by atoms with Gasteiger partial charge < -0.3 is 10.3 Å². The number of rotatable bonds is 7. The molecule has 0 aliphatic heterocycles. The van der Waals surface area contributed by atoms with E-state index >= 15 is 0 Å². The molecule has 5 heterocycles. The second-order valence-electron chi connectivity index (χ2n) is 9.16. The van der Waals surface area contributed by atoms with E-state index < -0.39 is 0 Å². The molecule has 0 saturated heterocycles. The lowest BCUT2D eigenvalue weighted by molar-refractivity contribution is -0.116. The summed E-state index contributed by atoms with van der Waals surface area (Å²) in [7, 11) is 0. The van der Waals surface area contributed by atoms with E-state index in [1.807, 2.05) is 30.6 Å². The number of H-pyrrole nitrogens is 2. The number of unbranched alkanes of at least 4 members (excludes halogenated alkanes) is 1. The summed E-state index contributed by atoms with van der Waals surface area (Å²) in [6.45, 7) is 4.19. The SMILES string of the molecule is CCCCC(=O)Nc1cncc(-c2ccc3[nH]nc(-c4cc5c(-c6ccc(C)s6)ccnc5[nH]4)c3c2)c1. The number of amides is 1. The number of nitrogens with zero attached hydrogens (tertiary/aromatic N) is 3. The molecule has 1 amide bonds. The minimum Gasteiger partial charge on any atom is -0.338 e. The summed E-state index contributed by atoms with van der Waals surface area (Å²) in [5, 5.41) is 12.8. The molecule has 0 saturated carbocycles. The van der Waals surface area contributed by atoms with Gasteiger partial charge in [-0.2, -0.15) is 5.10 Å². The van der Waals surface area contributed by atoms with E-state index in [0.717, 1.165) is 62.9 Å². The van der Waals surface area contributed by atoms with Crippen LogP contribution in [-0.4, -0.2) is 31.1 Å². The summed E-state index contributed by atoms with van der Waals surface area (Å²) in [4.78, 5) is 27.1. The van der Waals surface area contributed by atoms with Crippen LogP contribution in [0.2, 0.25) is 0 Å². The van der Waals surface area contributed by atoms with Crippen LogP contribution in [0.15, 0.2) is 67.1 Å². The van der Waals surface area contributed by atoms with Crippen molar-refractivity contribution in [1.29, 1.82) is 0 Å². The van der Waals surface area contributed by atoms with E-state index in [2.05, 4.69) is 74.6 Å². The molecular weight excluding hydrogens is 480 g/mol. The highest BCUT2D eigenvalue weighted by Gasteiger charge is 2.16. The molecule has 6 aromatic rings. The maximum atomic E-state index is 12.2. The quantitative estimate of drug-likeness (QED) is 0.211. The van der Waals surface area contributed by atoms with Crippen LogP contribution in [0.3, 0.4) is 0 Å². The third-order valence-electron chi connectivity index (χ3n) is 6.47. The Labute approximate surface area is 218 Å². The Morgan fingerprint density at radius 1 is 1.03 bits per heavy atom. The van der Waals surface area contributed by atoms with Crippen molar-refractivity contribution in [3.05, 3.63) is 72.0 Å². The van der Waals surface area contributed by atoms with E-state index in [-0.39, 0.29) is 5.91 Å². The van der Waals surface area contributed by atoms with Gasteiger partial charge in [0.2, 0.25) is 5.91 Å². The van der Waals surface area contributed by atoms with Crippen molar-refractivity contribution >= 4 is 44.9 Å². The topological polar surface area (TPSA) is 99.3 Å². The highest BCUT2D eigenvalue weighted by Crippen LogP contribution is 2.36. The summed E-state index contributed by atoms with van der Waals surface area (Å²) in [5.74, 6) is 0.0119. The number of hydrogen-bond acceptors (Lipinski definition) is 5. The molecule has 0 aliphatic rings. The van der Waals surface area contributed by atoms with Crippen LogP contribution in [0.1, 0.15) is 31.1 Å². The Kier molecular flexibility index (Phi) is 6.02. The zero-order valence-corrected chi connectivity index (χ0v) is 21.4. The van der Waals surface area contributed by atoms with Crippen molar-refractivity contribution in [2.45, 2.75) is 33.1 Å². The van der Waals surface area contributed by atoms with Crippen LogP contribution in [0.25, 0.3) is 54.9 Å². The van der Waals surface area contributed by atoms with E-state index in [0.29, 0.717) is 12.1 Å². The summed E-state index contributed by atoms with van der Waals surface area (Å²) in [6, 6.07) is 16.6. The number of pyridine rings is 2. The molecule has 7 nitrogen and oxygen atoms in total. The van der Waals surface area contributed by atoms with E-state index in [9.17, 15) is 4.79 Å². The first kappa shape index (κ1) is 23.1. The summed E-state index contributed by atoms with van der Waals surface area (Å²) in [5.41, 5.74) is 7.30. The van der Waals surface area contributed by atoms with Gasteiger partial charge in [-0.3, -0.25) is 14.9 Å². The Bertz CT molecular complexity index is 1740.